The Bertz CT molecular complexity index is 1150. The average molecular weight is 422 g/mol. The van der Waals surface area contributed by atoms with Crippen LogP contribution in [0.15, 0.2) is 51.6 Å². The number of allylic oxidation sites excluding steroid dienone is 1. The topological polar surface area (TPSA) is 98.5 Å². The number of hydrogen-bond acceptors (Lipinski definition) is 9. The third-order valence-electron chi connectivity index (χ3n) is 5.68. The summed E-state index contributed by atoms with van der Waals surface area (Å²) in [7, 11) is 0. The van der Waals surface area contributed by atoms with Gasteiger partial charge in [0.2, 0.25) is 11.6 Å². The van der Waals surface area contributed by atoms with Gasteiger partial charge in [-0.2, -0.15) is 0 Å². The number of ether oxygens (including phenoxy) is 2. The first kappa shape index (κ1) is 17.5. The number of aromatic nitrogens is 2. The van der Waals surface area contributed by atoms with Crippen LogP contribution in [0.1, 0.15) is 35.2 Å². The molecule has 2 aromatic heterocycles. The lowest BCUT2D eigenvalue weighted by molar-refractivity contribution is -0.116. The van der Waals surface area contributed by atoms with Crippen molar-refractivity contribution in [2.24, 2.45) is 0 Å². The first-order chi connectivity index (χ1) is 14.8. The summed E-state index contributed by atoms with van der Waals surface area (Å²) < 4.78 is 16.3. The van der Waals surface area contributed by atoms with Crippen LogP contribution in [0.25, 0.3) is 0 Å². The van der Waals surface area contributed by atoms with Crippen molar-refractivity contribution in [1.29, 1.82) is 0 Å². The second-order valence-corrected chi connectivity index (χ2v) is 8.48. The first-order valence-corrected chi connectivity index (χ1v) is 10.7. The molecule has 1 aromatic carbocycles. The van der Waals surface area contributed by atoms with Crippen LogP contribution >= 0.6 is 11.3 Å². The van der Waals surface area contributed by atoms with Gasteiger partial charge in [-0.15, -0.1) is 11.3 Å². The number of carbonyl (C=O) groups excluding carboxylic acids is 1. The van der Waals surface area contributed by atoms with E-state index in [1.54, 1.807) is 11.3 Å². The van der Waals surface area contributed by atoms with Gasteiger partial charge in [0, 0.05) is 28.5 Å². The summed E-state index contributed by atoms with van der Waals surface area (Å²) in [5.41, 5.74) is 2.46. The summed E-state index contributed by atoms with van der Waals surface area (Å²) in [4.78, 5) is 14.6. The van der Waals surface area contributed by atoms with Crippen molar-refractivity contribution in [3.63, 3.8) is 0 Å². The molecule has 30 heavy (non-hydrogen) atoms. The minimum absolute atomic E-state index is 0.108. The number of ketones is 1. The van der Waals surface area contributed by atoms with Crippen LogP contribution in [0.5, 0.6) is 11.5 Å². The van der Waals surface area contributed by atoms with Gasteiger partial charge >= 0.3 is 0 Å². The van der Waals surface area contributed by atoms with E-state index in [2.05, 4.69) is 27.0 Å². The van der Waals surface area contributed by atoms with E-state index in [1.165, 1.54) is 4.88 Å². The molecular formula is C21H18N4O4S. The Labute approximate surface area is 175 Å². The lowest BCUT2D eigenvalue weighted by atomic mass is 9.81. The van der Waals surface area contributed by atoms with Gasteiger partial charge in [0.1, 0.15) is 13.2 Å². The molecule has 1 aliphatic carbocycles. The minimum atomic E-state index is -0.395. The van der Waals surface area contributed by atoms with Crippen molar-refractivity contribution < 1.29 is 18.9 Å². The van der Waals surface area contributed by atoms with Gasteiger partial charge in [-0.05, 0) is 45.9 Å². The molecule has 6 rings (SSSR count). The number of nitrogens with one attached hydrogen (secondary N) is 2. The normalized spacial score (nSPS) is 22.5. The van der Waals surface area contributed by atoms with Crippen LogP contribution < -0.4 is 20.1 Å². The molecule has 3 aromatic rings. The van der Waals surface area contributed by atoms with E-state index in [4.69, 9.17) is 14.1 Å². The highest BCUT2D eigenvalue weighted by molar-refractivity contribution is 7.10. The SMILES string of the molecule is O=C1C[C@H](c2cccs2)CC2=C1[C@H](c1ccc3c(c1)OCCO3)Nc1nonc1N2. The smallest absolute Gasteiger partial charge is 0.219 e. The zero-order chi connectivity index (χ0) is 20.1. The molecule has 2 atom stereocenters. The highest BCUT2D eigenvalue weighted by Gasteiger charge is 2.38. The maximum atomic E-state index is 13.4. The van der Waals surface area contributed by atoms with E-state index in [-0.39, 0.29) is 11.7 Å². The lowest BCUT2D eigenvalue weighted by Crippen LogP contribution is -2.27. The Morgan fingerprint density at radius 2 is 1.90 bits per heavy atom. The van der Waals surface area contributed by atoms with E-state index < -0.39 is 6.04 Å². The van der Waals surface area contributed by atoms with Crippen LogP contribution in [-0.4, -0.2) is 29.3 Å². The van der Waals surface area contributed by atoms with Crippen molar-refractivity contribution in [1.82, 2.24) is 10.3 Å². The summed E-state index contributed by atoms with van der Waals surface area (Å²) in [5.74, 6) is 2.61. The van der Waals surface area contributed by atoms with Gasteiger partial charge in [-0.3, -0.25) is 4.79 Å². The molecule has 152 valence electrons. The standard InChI is InChI=1S/C21H18N4O4S/c26-14-9-12(17-2-1-7-30-17)8-13-18(14)19(23-21-20(22-13)24-29-25-21)11-3-4-15-16(10-11)28-6-5-27-15/h1-4,7,10,12,19H,5-6,8-9H2,(H,22,24)(H,23,25)/t12-,19+/m1/s1. The molecule has 0 unspecified atom stereocenters. The average Bonchev–Trinajstić information content (AvgIpc) is 3.42. The molecule has 4 heterocycles. The number of carbonyl (C=O) groups is 1. The summed E-state index contributed by atoms with van der Waals surface area (Å²) in [6, 6.07) is 9.47. The van der Waals surface area contributed by atoms with E-state index in [1.807, 2.05) is 29.6 Å². The van der Waals surface area contributed by atoms with E-state index in [0.717, 1.165) is 17.7 Å². The largest absolute Gasteiger partial charge is 0.486 e. The molecule has 3 aliphatic rings. The fourth-order valence-electron chi connectivity index (χ4n) is 4.32. The number of rotatable bonds is 2. The van der Waals surface area contributed by atoms with Crippen LogP contribution in [0.4, 0.5) is 11.6 Å². The monoisotopic (exact) mass is 422 g/mol. The van der Waals surface area contributed by atoms with E-state index in [9.17, 15) is 4.79 Å². The maximum Gasteiger partial charge on any atom is 0.219 e. The number of thiophene rings is 1. The molecule has 2 aliphatic heterocycles. The lowest BCUT2D eigenvalue weighted by Gasteiger charge is -2.29. The molecule has 0 saturated carbocycles. The fraction of sp³-hybridized carbons (Fsp3) is 0.286. The molecule has 8 nitrogen and oxygen atoms in total. The Kier molecular flexibility index (Phi) is 4.02. The molecule has 9 heteroatoms. The Balaban J connectivity index is 1.45. The van der Waals surface area contributed by atoms with Crippen LogP contribution in [-0.2, 0) is 4.79 Å². The van der Waals surface area contributed by atoms with Gasteiger partial charge in [0.25, 0.3) is 0 Å². The molecule has 0 bridgehead atoms. The van der Waals surface area contributed by atoms with Crippen molar-refractivity contribution in [3.8, 4) is 11.5 Å². The second kappa shape index (κ2) is 6.88. The van der Waals surface area contributed by atoms with Crippen LogP contribution in [0.2, 0.25) is 0 Å². The fourth-order valence-corrected chi connectivity index (χ4v) is 5.15. The van der Waals surface area contributed by atoms with Gasteiger partial charge in [0.15, 0.2) is 17.3 Å². The van der Waals surface area contributed by atoms with E-state index >= 15 is 0 Å². The molecule has 0 saturated heterocycles. The summed E-state index contributed by atoms with van der Waals surface area (Å²) in [5, 5.41) is 16.6. The number of fused-ring (bicyclic) bond motifs is 2. The van der Waals surface area contributed by atoms with Gasteiger partial charge in [-0.25, -0.2) is 4.63 Å². The Morgan fingerprint density at radius 3 is 2.77 bits per heavy atom. The second-order valence-electron chi connectivity index (χ2n) is 7.50. The number of hydrogen-bond donors (Lipinski definition) is 2. The quantitative estimate of drug-likeness (QED) is 0.642. The molecule has 0 spiro atoms. The summed E-state index contributed by atoms with van der Waals surface area (Å²) in [6.45, 7) is 1.03. The number of nitrogens with zero attached hydrogens (tertiary/aromatic N) is 2. The molecule has 0 fully saturated rings. The maximum absolute atomic E-state index is 13.4. The van der Waals surface area contributed by atoms with Crippen LogP contribution in [0, 0.1) is 0 Å². The number of Topliss-reactive ketones (excluding diaryl/α,β-unsaturated/α-hetero) is 1. The van der Waals surface area contributed by atoms with Gasteiger partial charge < -0.3 is 20.1 Å². The van der Waals surface area contributed by atoms with Crippen LogP contribution in [0.3, 0.4) is 0 Å². The summed E-state index contributed by atoms with van der Waals surface area (Å²) >= 11 is 1.68. The minimum Gasteiger partial charge on any atom is -0.486 e. The van der Waals surface area contributed by atoms with Crippen molar-refractivity contribution in [3.05, 3.63) is 57.4 Å². The first-order valence-electron chi connectivity index (χ1n) is 9.81. The van der Waals surface area contributed by atoms with Crippen molar-refractivity contribution >= 4 is 28.8 Å². The highest BCUT2D eigenvalue weighted by atomic mass is 32.1. The predicted molar refractivity (Wildman–Crippen MR) is 110 cm³/mol. The molecular weight excluding hydrogens is 404 g/mol. The van der Waals surface area contributed by atoms with Crippen molar-refractivity contribution in [2.75, 3.05) is 23.8 Å². The van der Waals surface area contributed by atoms with E-state index in [0.29, 0.717) is 48.3 Å². The molecule has 0 amide bonds. The highest BCUT2D eigenvalue weighted by Crippen LogP contribution is 2.45. The predicted octanol–water partition coefficient (Wildman–Crippen LogP) is 3.88. The Morgan fingerprint density at radius 1 is 1.03 bits per heavy atom. The zero-order valence-electron chi connectivity index (χ0n) is 15.9. The zero-order valence-corrected chi connectivity index (χ0v) is 16.7. The van der Waals surface area contributed by atoms with Crippen molar-refractivity contribution in [2.45, 2.75) is 24.8 Å². The summed E-state index contributed by atoms with van der Waals surface area (Å²) in [6.07, 6.45) is 1.19. The molecule has 0 radical (unpaired) electrons. The number of anilines is 2. The van der Waals surface area contributed by atoms with Gasteiger partial charge in [0.05, 0.1) is 6.04 Å². The van der Waals surface area contributed by atoms with Gasteiger partial charge in [-0.1, -0.05) is 12.1 Å². The third-order valence-corrected chi connectivity index (χ3v) is 6.72. The number of benzene rings is 1. The Hall–Kier alpha value is -3.33. The molecule has 2 N–H and O–H groups in total. The third kappa shape index (κ3) is 2.85.